The molecule has 5 rings (SSSR count). The maximum atomic E-state index is 14.0. The molecule has 28 heavy (non-hydrogen) atoms. The van der Waals surface area contributed by atoms with Crippen LogP contribution in [0.1, 0.15) is 64.7 Å². The average molecular weight is 412 g/mol. The van der Waals surface area contributed by atoms with E-state index in [4.69, 9.17) is 4.74 Å². The Labute approximate surface area is 160 Å². The van der Waals surface area contributed by atoms with E-state index in [1.807, 2.05) is 0 Å². The lowest BCUT2D eigenvalue weighted by Crippen LogP contribution is -2.59. The second-order valence-electron chi connectivity index (χ2n) is 9.91. The van der Waals surface area contributed by atoms with E-state index < -0.39 is 54.0 Å². The van der Waals surface area contributed by atoms with Crippen molar-refractivity contribution in [3.05, 3.63) is 0 Å². The van der Waals surface area contributed by atoms with Crippen LogP contribution in [-0.2, 0) is 9.53 Å². The van der Waals surface area contributed by atoms with Crippen molar-refractivity contribution >= 4 is 5.97 Å². The molecule has 5 fully saturated rings. The molecule has 5 saturated carbocycles. The second kappa shape index (κ2) is 6.03. The lowest BCUT2D eigenvalue weighted by Gasteiger charge is -2.64. The Morgan fingerprint density at radius 1 is 0.929 bits per heavy atom. The minimum absolute atomic E-state index is 0.0375. The van der Waals surface area contributed by atoms with Crippen LogP contribution < -0.4 is 0 Å². The van der Waals surface area contributed by atoms with Crippen molar-refractivity contribution in [3.63, 3.8) is 0 Å². The zero-order chi connectivity index (χ0) is 20.6. The third-order valence-corrected chi connectivity index (χ3v) is 8.05. The number of ether oxygens (including phenoxy) is 1. The van der Waals surface area contributed by atoms with Crippen molar-refractivity contribution in [1.82, 2.24) is 0 Å². The Morgan fingerprint density at radius 2 is 1.43 bits per heavy atom. The zero-order valence-electron chi connectivity index (χ0n) is 15.9. The monoisotopic (exact) mass is 412 g/mol. The van der Waals surface area contributed by atoms with Crippen molar-refractivity contribution in [3.8, 4) is 0 Å². The SMILES string of the molecule is CC(F)(F)COC(=O)C12CC3CC(C1)C1(CCC(F)(F)C(F)(F)CC1)C(C3)C2. The van der Waals surface area contributed by atoms with Crippen LogP contribution in [0.3, 0.4) is 0 Å². The molecular weight excluding hydrogens is 386 g/mol. The van der Waals surface area contributed by atoms with Gasteiger partial charge in [-0.1, -0.05) is 0 Å². The van der Waals surface area contributed by atoms with Crippen LogP contribution in [0, 0.1) is 28.6 Å². The number of hydrogen-bond donors (Lipinski definition) is 0. The predicted octanol–water partition coefficient (Wildman–Crippen LogP) is 5.84. The number of rotatable bonds is 3. The number of hydrogen-bond acceptors (Lipinski definition) is 2. The molecule has 0 N–H and O–H groups in total. The molecule has 5 aliphatic carbocycles. The highest BCUT2D eigenvalue weighted by Crippen LogP contribution is 2.71. The van der Waals surface area contributed by atoms with Gasteiger partial charge in [0, 0.05) is 19.8 Å². The third kappa shape index (κ3) is 3.04. The molecule has 0 radical (unpaired) electrons. The van der Waals surface area contributed by atoms with E-state index in [-0.39, 0.29) is 30.6 Å². The van der Waals surface area contributed by atoms with Gasteiger partial charge in [-0.15, -0.1) is 0 Å². The van der Waals surface area contributed by atoms with Crippen molar-refractivity contribution in [2.45, 2.75) is 82.5 Å². The lowest BCUT2D eigenvalue weighted by atomic mass is 9.39. The molecule has 2 atom stereocenters. The van der Waals surface area contributed by atoms with Crippen molar-refractivity contribution in [2.24, 2.45) is 28.6 Å². The average Bonchev–Trinajstić information content (AvgIpc) is 2.66. The smallest absolute Gasteiger partial charge is 0.312 e. The first-order chi connectivity index (χ1) is 12.8. The Hall–Kier alpha value is -0.950. The third-order valence-electron chi connectivity index (χ3n) is 8.05. The first-order valence-corrected chi connectivity index (χ1v) is 10.1. The van der Waals surface area contributed by atoms with Gasteiger partial charge in [-0.25, -0.2) is 8.78 Å². The summed E-state index contributed by atoms with van der Waals surface area (Å²) in [5.74, 6) is -11.7. The fourth-order valence-corrected chi connectivity index (χ4v) is 6.87. The fraction of sp³-hybridized carbons (Fsp3) is 0.950. The normalized spacial score (nSPS) is 40.3. The van der Waals surface area contributed by atoms with Crippen LogP contribution in [-0.4, -0.2) is 30.3 Å². The zero-order valence-corrected chi connectivity index (χ0v) is 15.9. The highest BCUT2D eigenvalue weighted by Gasteiger charge is 2.68. The molecule has 4 bridgehead atoms. The maximum absolute atomic E-state index is 14.0. The molecule has 8 heteroatoms. The predicted molar refractivity (Wildman–Crippen MR) is 88.4 cm³/mol. The van der Waals surface area contributed by atoms with Gasteiger partial charge in [0.2, 0.25) is 0 Å². The molecule has 5 aliphatic rings. The van der Waals surface area contributed by atoms with Crippen LogP contribution >= 0.6 is 0 Å². The van der Waals surface area contributed by atoms with Crippen LogP contribution in [0.5, 0.6) is 0 Å². The number of alkyl halides is 6. The van der Waals surface area contributed by atoms with E-state index in [1.165, 1.54) is 0 Å². The van der Waals surface area contributed by atoms with E-state index in [0.29, 0.717) is 26.2 Å². The summed E-state index contributed by atoms with van der Waals surface area (Å²) in [5, 5.41) is 0. The summed E-state index contributed by atoms with van der Waals surface area (Å²) in [6, 6.07) is 0. The molecule has 0 aromatic carbocycles. The Bertz CT molecular complexity index is 620. The molecule has 0 heterocycles. The minimum Gasteiger partial charge on any atom is -0.459 e. The summed E-state index contributed by atoms with van der Waals surface area (Å²) >= 11 is 0. The molecule has 0 saturated heterocycles. The molecule has 0 aliphatic heterocycles. The molecule has 2 unspecified atom stereocenters. The van der Waals surface area contributed by atoms with Gasteiger partial charge < -0.3 is 4.74 Å². The summed E-state index contributed by atoms with van der Waals surface area (Å²) in [7, 11) is 0. The molecule has 0 amide bonds. The van der Waals surface area contributed by atoms with E-state index in [2.05, 4.69) is 0 Å². The molecule has 160 valence electrons. The number of halogens is 6. The van der Waals surface area contributed by atoms with E-state index >= 15 is 0 Å². The van der Waals surface area contributed by atoms with Gasteiger partial charge in [0.25, 0.3) is 5.92 Å². The Kier molecular flexibility index (Phi) is 4.38. The molecular formula is C20H26F6O2. The minimum atomic E-state index is -4.01. The van der Waals surface area contributed by atoms with Gasteiger partial charge in [-0.05, 0) is 68.1 Å². The van der Waals surface area contributed by atoms with E-state index in [1.54, 1.807) is 0 Å². The van der Waals surface area contributed by atoms with Crippen molar-refractivity contribution < 1.29 is 35.9 Å². The van der Waals surface area contributed by atoms with Crippen molar-refractivity contribution in [1.29, 1.82) is 0 Å². The first kappa shape index (κ1) is 20.3. The van der Waals surface area contributed by atoms with Crippen LogP contribution in [0.2, 0.25) is 0 Å². The molecule has 0 aromatic rings. The number of carbonyl (C=O) groups excluding carboxylic acids is 1. The van der Waals surface area contributed by atoms with Crippen molar-refractivity contribution in [2.75, 3.05) is 6.61 Å². The quantitative estimate of drug-likeness (QED) is 0.430. The largest absolute Gasteiger partial charge is 0.459 e. The van der Waals surface area contributed by atoms with Gasteiger partial charge in [-0.3, -0.25) is 4.79 Å². The van der Waals surface area contributed by atoms with Crippen LogP contribution in [0.4, 0.5) is 26.3 Å². The maximum Gasteiger partial charge on any atom is 0.312 e. The van der Waals surface area contributed by atoms with Gasteiger partial charge in [0.1, 0.15) is 0 Å². The van der Waals surface area contributed by atoms with Crippen LogP contribution in [0.25, 0.3) is 0 Å². The number of carbonyl (C=O) groups is 1. The summed E-state index contributed by atoms with van der Waals surface area (Å²) in [6.45, 7) is -0.294. The van der Waals surface area contributed by atoms with Gasteiger partial charge in [-0.2, -0.15) is 17.6 Å². The standard InChI is InChI=1S/C20H26F6O2/c1-16(21,22)11-28-15(27)17-8-12-6-13(9-17)18(14(7-12)10-17)2-4-19(23,24)20(25,26)5-3-18/h12-14H,2-11H2,1H3. The summed E-state index contributed by atoms with van der Waals surface area (Å²) in [6.07, 6.45) is 1.21. The van der Waals surface area contributed by atoms with Gasteiger partial charge >= 0.3 is 17.8 Å². The highest BCUT2D eigenvalue weighted by molar-refractivity contribution is 5.77. The summed E-state index contributed by atoms with van der Waals surface area (Å²) in [4.78, 5) is 12.7. The summed E-state index contributed by atoms with van der Waals surface area (Å²) < 4.78 is 87.0. The molecule has 2 nitrogen and oxygen atoms in total. The molecule has 1 spiro atoms. The Balaban J connectivity index is 1.56. The first-order valence-electron chi connectivity index (χ1n) is 10.1. The van der Waals surface area contributed by atoms with Gasteiger partial charge in [0.05, 0.1) is 5.41 Å². The molecule has 0 aromatic heterocycles. The lowest BCUT2D eigenvalue weighted by molar-refractivity contribution is -0.210. The topological polar surface area (TPSA) is 26.3 Å². The fourth-order valence-electron chi connectivity index (χ4n) is 6.87. The van der Waals surface area contributed by atoms with E-state index in [9.17, 15) is 31.1 Å². The summed E-state index contributed by atoms with van der Waals surface area (Å²) in [5.41, 5.74) is -1.46. The van der Waals surface area contributed by atoms with E-state index in [0.717, 1.165) is 12.8 Å². The second-order valence-corrected chi connectivity index (χ2v) is 9.91. The number of esters is 1. The Morgan fingerprint density at radius 3 is 1.89 bits per heavy atom. The van der Waals surface area contributed by atoms with Gasteiger partial charge in [0.15, 0.2) is 6.61 Å². The highest BCUT2D eigenvalue weighted by atomic mass is 19.3. The van der Waals surface area contributed by atoms with Crippen LogP contribution in [0.15, 0.2) is 0 Å².